The normalized spacial score (nSPS) is 39.5. The molecule has 3 rings (SSSR count). The van der Waals surface area contributed by atoms with E-state index in [0.717, 1.165) is 0 Å². The van der Waals surface area contributed by atoms with Gasteiger partial charge in [0.1, 0.15) is 42.4 Å². The van der Waals surface area contributed by atoms with Crippen LogP contribution in [0.25, 0.3) is 0 Å². The van der Waals surface area contributed by atoms with Crippen LogP contribution in [0.2, 0.25) is 0 Å². The maximum absolute atomic E-state index is 14.2. The van der Waals surface area contributed by atoms with E-state index in [1.807, 2.05) is 20.8 Å². The summed E-state index contributed by atoms with van der Waals surface area (Å²) in [5.74, 6) is -3.92. The van der Waals surface area contributed by atoms with Gasteiger partial charge in [0, 0.05) is 66.0 Å². The number of rotatable bonds is 14. The highest BCUT2D eigenvalue weighted by Crippen LogP contribution is 2.36. The summed E-state index contributed by atoms with van der Waals surface area (Å²) in [4.78, 5) is 55.4. The standard InChI is InChI=1S/C43H75NO16/c1-14-32-29(21-55-43-41(54-13)40(53-12)39(26(6)57-43)58-27(7)45)17-22(2)15-16-30(46)23(3)18-28(19-34(51-10)52-11)38(24(4)31(47)20-33(48)59-32)60-42-37(50)35(44(8)9)36(49)25(5)56-42/h22-26,28-29,32,34-43,49-50H,14-21H2,1-13H3/t22?,23?,24?,25-,26-,28?,29?,32?,35+,36-,37-,38?,39-,40-,41+,42+,43-/m1/s1. The van der Waals surface area contributed by atoms with Crippen LogP contribution in [-0.4, -0.2) is 168 Å². The molecule has 0 spiro atoms. The molecule has 0 bridgehead atoms. The zero-order valence-corrected chi connectivity index (χ0v) is 38.1. The predicted molar refractivity (Wildman–Crippen MR) is 216 cm³/mol. The molecular formula is C43H75NO16. The maximum Gasteiger partial charge on any atom is 0.313 e. The number of hydrogen-bond donors (Lipinski definition) is 2. The summed E-state index contributed by atoms with van der Waals surface area (Å²) in [5, 5.41) is 22.4. The van der Waals surface area contributed by atoms with Crippen LogP contribution in [0.5, 0.6) is 0 Å². The number of aliphatic hydroxyl groups excluding tert-OH is 2. The van der Waals surface area contributed by atoms with Crippen LogP contribution in [-0.2, 0) is 66.5 Å². The van der Waals surface area contributed by atoms with Crippen LogP contribution in [0, 0.1) is 29.6 Å². The van der Waals surface area contributed by atoms with E-state index in [2.05, 4.69) is 0 Å². The smallest absolute Gasteiger partial charge is 0.313 e. The van der Waals surface area contributed by atoms with E-state index in [9.17, 15) is 29.4 Å². The molecule has 0 aromatic carbocycles. The van der Waals surface area contributed by atoms with E-state index in [-0.39, 0.29) is 43.5 Å². The number of hydrogen-bond acceptors (Lipinski definition) is 17. The minimum Gasteiger partial charge on any atom is -0.462 e. The van der Waals surface area contributed by atoms with Crippen LogP contribution in [0.1, 0.15) is 93.4 Å². The number of nitrogens with zero attached hydrogens (tertiary/aromatic N) is 1. The second kappa shape index (κ2) is 24.6. The third-order valence-corrected chi connectivity index (χ3v) is 12.6. The average Bonchev–Trinajstić information content (AvgIpc) is 3.19. The molecule has 60 heavy (non-hydrogen) atoms. The second-order valence-electron chi connectivity index (χ2n) is 17.3. The van der Waals surface area contributed by atoms with Gasteiger partial charge in [-0.3, -0.25) is 19.2 Å². The van der Waals surface area contributed by atoms with Crippen molar-refractivity contribution in [3.63, 3.8) is 0 Å². The Labute approximate surface area is 356 Å². The zero-order valence-electron chi connectivity index (χ0n) is 38.1. The van der Waals surface area contributed by atoms with E-state index < -0.39 is 122 Å². The molecule has 0 amide bonds. The number of esters is 2. The minimum absolute atomic E-state index is 0.00622. The fraction of sp³-hybridized carbons (Fsp3) is 0.907. The van der Waals surface area contributed by atoms with Crippen molar-refractivity contribution in [3.8, 4) is 0 Å². The van der Waals surface area contributed by atoms with E-state index in [0.29, 0.717) is 19.3 Å². The fourth-order valence-electron chi connectivity index (χ4n) is 9.02. The summed E-state index contributed by atoms with van der Waals surface area (Å²) < 4.78 is 59.4. The topological polar surface area (TPSA) is 204 Å². The lowest BCUT2D eigenvalue weighted by atomic mass is 9.79. The lowest BCUT2D eigenvalue weighted by Crippen LogP contribution is -2.63. The van der Waals surface area contributed by atoms with Crippen molar-refractivity contribution in [2.75, 3.05) is 49.1 Å². The number of carbonyl (C=O) groups is 4. The zero-order chi connectivity index (χ0) is 45.0. The molecule has 3 heterocycles. The molecule has 0 aliphatic carbocycles. The quantitative estimate of drug-likeness (QED) is 0.146. The highest BCUT2D eigenvalue weighted by molar-refractivity contribution is 5.97. The predicted octanol–water partition coefficient (Wildman–Crippen LogP) is 3.07. The Hall–Kier alpha value is -2.16. The summed E-state index contributed by atoms with van der Waals surface area (Å²) in [6.45, 7) is 12.3. The molecule has 348 valence electrons. The van der Waals surface area contributed by atoms with Crippen LogP contribution in [0.3, 0.4) is 0 Å². The molecule has 3 fully saturated rings. The third-order valence-electron chi connectivity index (χ3n) is 12.6. The number of carbonyl (C=O) groups excluding carboxylic acids is 4. The molecule has 0 aromatic heterocycles. The van der Waals surface area contributed by atoms with Gasteiger partial charge in [-0.05, 0) is 65.5 Å². The van der Waals surface area contributed by atoms with Gasteiger partial charge in [0.25, 0.3) is 0 Å². The van der Waals surface area contributed by atoms with E-state index in [1.165, 1.54) is 35.4 Å². The first-order chi connectivity index (χ1) is 28.3. The SMILES string of the molecule is CCC1OC(=O)CC(=O)C(C)C(O[C@@H]2O[C@H](C)[C@@H](O)[C@H](N(C)C)[C@H]2O)C(CC(OC)OC)CC(C)C(=O)CCC(C)CC1CO[C@@H]1O[C@H](C)[C@@H](OC(C)=O)[C@@H](OC)[C@@H]1OC. The van der Waals surface area contributed by atoms with E-state index in [1.54, 1.807) is 39.8 Å². The van der Waals surface area contributed by atoms with Crippen LogP contribution in [0.4, 0.5) is 0 Å². The summed E-state index contributed by atoms with van der Waals surface area (Å²) in [7, 11) is 9.43. The Morgan fingerprint density at radius 3 is 2.02 bits per heavy atom. The van der Waals surface area contributed by atoms with Gasteiger partial charge in [-0.1, -0.05) is 27.7 Å². The summed E-state index contributed by atoms with van der Waals surface area (Å²) >= 11 is 0. The van der Waals surface area contributed by atoms with Gasteiger partial charge < -0.3 is 62.5 Å². The van der Waals surface area contributed by atoms with Crippen molar-refractivity contribution >= 4 is 23.5 Å². The molecular weight excluding hydrogens is 786 g/mol. The average molecular weight is 862 g/mol. The summed E-state index contributed by atoms with van der Waals surface area (Å²) in [6, 6.07) is -0.743. The molecule has 17 atom stereocenters. The minimum atomic E-state index is -1.30. The van der Waals surface area contributed by atoms with Gasteiger partial charge in [-0.2, -0.15) is 0 Å². The summed E-state index contributed by atoms with van der Waals surface area (Å²) in [5.41, 5.74) is 0. The largest absolute Gasteiger partial charge is 0.462 e. The lowest BCUT2D eigenvalue weighted by molar-refractivity contribution is -0.307. The van der Waals surface area contributed by atoms with E-state index >= 15 is 0 Å². The highest BCUT2D eigenvalue weighted by Gasteiger charge is 2.49. The Bertz CT molecular complexity index is 1350. The Morgan fingerprint density at radius 2 is 1.45 bits per heavy atom. The van der Waals surface area contributed by atoms with Crippen molar-refractivity contribution in [1.82, 2.24) is 4.90 Å². The molecule has 0 aromatic rings. The molecule has 0 radical (unpaired) electrons. The Morgan fingerprint density at radius 1 is 0.817 bits per heavy atom. The number of ketones is 2. The van der Waals surface area contributed by atoms with Crippen molar-refractivity contribution in [3.05, 3.63) is 0 Å². The first-order valence-corrected chi connectivity index (χ1v) is 21.5. The molecule has 2 N–H and O–H groups in total. The number of aliphatic hydroxyl groups is 2. The number of likely N-dealkylation sites (N-methyl/N-ethyl adjacent to an activating group) is 1. The van der Waals surface area contributed by atoms with Gasteiger partial charge in [0.05, 0.1) is 37.1 Å². The number of Topliss-reactive ketones (excluding diaryl/α,β-unsaturated/α-hetero) is 2. The maximum atomic E-state index is 14.2. The van der Waals surface area contributed by atoms with Crippen molar-refractivity contribution < 1.29 is 76.8 Å². The molecule has 3 aliphatic rings. The Kier molecular flexibility index (Phi) is 21.4. The molecule has 0 saturated carbocycles. The third kappa shape index (κ3) is 13.9. The number of cyclic esters (lactones) is 1. The lowest BCUT2D eigenvalue weighted by Gasteiger charge is -2.46. The highest BCUT2D eigenvalue weighted by atomic mass is 16.7. The van der Waals surface area contributed by atoms with Crippen molar-refractivity contribution in [2.24, 2.45) is 29.6 Å². The van der Waals surface area contributed by atoms with Crippen molar-refractivity contribution in [1.29, 1.82) is 0 Å². The molecule has 3 aliphatic heterocycles. The van der Waals surface area contributed by atoms with Crippen molar-refractivity contribution in [2.45, 2.75) is 173 Å². The van der Waals surface area contributed by atoms with E-state index in [4.69, 9.17) is 47.4 Å². The van der Waals surface area contributed by atoms with Gasteiger partial charge in [-0.15, -0.1) is 0 Å². The number of ether oxygens (including phenoxy) is 10. The van der Waals surface area contributed by atoms with Gasteiger partial charge in [0.2, 0.25) is 0 Å². The summed E-state index contributed by atoms with van der Waals surface area (Å²) in [6.07, 6.45) is -8.60. The van der Waals surface area contributed by atoms with Crippen LogP contribution in [0.15, 0.2) is 0 Å². The van der Waals surface area contributed by atoms with Crippen LogP contribution >= 0.6 is 0 Å². The molecule has 17 heteroatoms. The van der Waals surface area contributed by atoms with Gasteiger partial charge >= 0.3 is 11.9 Å². The van der Waals surface area contributed by atoms with Gasteiger partial charge in [0.15, 0.2) is 25.0 Å². The fourth-order valence-corrected chi connectivity index (χ4v) is 9.02. The Balaban J connectivity index is 1.96. The molecule has 7 unspecified atom stereocenters. The first kappa shape index (κ1) is 52.2. The molecule has 3 saturated heterocycles. The second-order valence-corrected chi connectivity index (χ2v) is 17.3. The first-order valence-electron chi connectivity index (χ1n) is 21.5. The molecule has 17 nitrogen and oxygen atoms in total. The monoisotopic (exact) mass is 862 g/mol. The van der Waals surface area contributed by atoms with Gasteiger partial charge in [-0.25, -0.2) is 0 Å². The number of methoxy groups -OCH3 is 4. The van der Waals surface area contributed by atoms with Crippen LogP contribution < -0.4 is 0 Å².